The van der Waals surface area contributed by atoms with Crippen LogP contribution in [0.4, 0.5) is 0 Å². The number of benzene rings is 1. The van der Waals surface area contributed by atoms with Gasteiger partial charge in [0.15, 0.2) is 0 Å². The van der Waals surface area contributed by atoms with Gasteiger partial charge in [0.05, 0.1) is 28.4 Å². The fraction of sp³-hybridized carbons (Fsp3) is 0.231. The molecule has 19 heavy (non-hydrogen) atoms. The van der Waals surface area contributed by atoms with Crippen LogP contribution >= 0.6 is 59.1 Å². The second-order valence-electron chi connectivity index (χ2n) is 3.71. The molecule has 1 atom stereocenters. The fourth-order valence-corrected chi connectivity index (χ4v) is 4.70. The molecule has 0 bridgehead atoms. The van der Waals surface area contributed by atoms with Gasteiger partial charge in [-0.1, -0.05) is 22.0 Å². The van der Waals surface area contributed by atoms with Crippen molar-refractivity contribution in [3.63, 3.8) is 0 Å². The van der Waals surface area contributed by atoms with Gasteiger partial charge < -0.3 is 9.47 Å². The lowest BCUT2D eigenvalue weighted by atomic mass is 10.1. The smallest absolute Gasteiger partial charge is 0.127 e. The van der Waals surface area contributed by atoms with Gasteiger partial charge in [0, 0.05) is 9.35 Å². The van der Waals surface area contributed by atoms with Crippen LogP contribution in [0.1, 0.15) is 15.3 Å². The van der Waals surface area contributed by atoms with E-state index in [2.05, 4.69) is 53.9 Å². The Balaban J connectivity index is 2.50. The van der Waals surface area contributed by atoms with Gasteiger partial charge in [-0.2, -0.15) is 0 Å². The van der Waals surface area contributed by atoms with E-state index in [9.17, 15) is 0 Å². The summed E-state index contributed by atoms with van der Waals surface area (Å²) >= 11 is 12.4. The first-order chi connectivity index (χ1) is 9.08. The Hall–Kier alpha value is -0.0400. The Morgan fingerprint density at radius 1 is 1.11 bits per heavy atom. The highest BCUT2D eigenvalue weighted by molar-refractivity contribution is 9.13. The molecule has 0 saturated heterocycles. The van der Waals surface area contributed by atoms with Crippen LogP contribution in [0.3, 0.4) is 0 Å². The molecule has 0 amide bonds. The molecule has 0 radical (unpaired) electrons. The van der Waals surface area contributed by atoms with Crippen LogP contribution in [0.25, 0.3) is 0 Å². The van der Waals surface area contributed by atoms with E-state index in [0.29, 0.717) is 0 Å². The van der Waals surface area contributed by atoms with E-state index in [-0.39, 0.29) is 4.83 Å². The Morgan fingerprint density at radius 3 is 2.11 bits per heavy atom. The summed E-state index contributed by atoms with van der Waals surface area (Å²) in [6.07, 6.45) is 0. The van der Waals surface area contributed by atoms with Gasteiger partial charge in [0.2, 0.25) is 0 Å². The third-order valence-electron chi connectivity index (χ3n) is 2.63. The molecule has 6 heteroatoms. The second-order valence-corrected chi connectivity index (χ2v) is 7.88. The quantitative estimate of drug-likeness (QED) is 0.528. The van der Waals surface area contributed by atoms with Gasteiger partial charge in [-0.15, -0.1) is 11.3 Å². The molecule has 1 unspecified atom stereocenters. The minimum atomic E-state index is 0.0196. The van der Waals surface area contributed by atoms with Gasteiger partial charge in [-0.25, -0.2) is 0 Å². The van der Waals surface area contributed by atoms with Crippen molar-refractivity contribution >= 4 is 59.1 Å². The van der Waals surface area contributed by atoms with Crippen LogP contribution in [0, 0.1) is 0 Å². The number of halogens is 3. The number of rotatable bonds is 4. The van der Waals surface area contributed by atoms with Gasteiger partial charge in [0.25, 0.3) is 0 Å². The number of alkyl halides is 1. The predicted octanol–water partition coefficient (Wildman–Crippen LogP) is 5.77. The summed E-state index contributed by atoms with van der Waals surface area (Å²) in [5.41, 5.74) is 0.994. The highest BCUT2D eigenvalue weighted by atomic mass is 79.9. The van der Waals surface area contributed by atoms with Crippen LogP contribution in [-0.2, 0) is 0 Å². The molecule has 2 nitrogen and oxygen atoms in total. The first-order valence-electron chi connectivity index (χ1n) is 5.38. The van der Waals surface area contributed by atoms with E-state index >= 15 is 0 Å². The molecule has 1 aromatic carbocycles. The van der Waals surface area contributed by atoms with Crippen molar-refractivity contribution < 1.29 is 9.47 Å². The number of thiophene rings is 1. The van der Waals surface area contributed by atoms with Gasteiger partial charge in [-0.05, 0) is 50.1 Å². The van der Waals surface area contributed by atoms with E-state index in [1.807, 2.05) is 18.2 Å². The summed E-state index contributed by atoms with van der Waals surface area (Å²) in [7, 11) is 3.33. The molecule has 2 aromatic rings. The molecular weight excluding hydrogens is 460 g/mol. The van der Waals surface area contributed by atoms with E-state index < -0.39 is 0 Å². The van der Waals surface area contributed by atoms with E-state index in [4.69, 9.17) is 9.47 Å². The summed E-state index contributed by atoms with van der Waals surface area (Å²) in [6, 6.07) is 7.87. The molecule has 102 valence electrons. The Kier molecular flexibility index (Phi) is 5.34. The minimum Gasteiger partial charge on any atom is -0.496 e. The van der Waals surface area contributed by atoms with E-state index in [1.54, 1.807) is 25.6 Å². The Bertz CT molecular complexity index is 542. The monoisotopic (exact) mass is 468 g/mol. The molecule has 1 heterocycles. The molecule has 0 aliphatic carbocycles. The van der Waals surface area contributed by atoms with Crippen molar-refractivity contribution in [1.29, 1.82) is 0 Å². The minimum absolute atomic E-state index is 0.0196. The van der Waals surface area contributed by atoms with Crippen molar-refractivity contribution in [1.82, 2.24) is 0 Å². The highest BCUT2D eigenvalue weighted by Gasteiger charge is 2.22. The molecule has 0 aliphatic heterocycles. The summed E-state index contributed by atoms with van der Waals surface area (Å²) in [4.78, 5) is 1.19. The summed E-state index contributed by atoms with van der Waals surface area (Å²) in [6.45, 7) is 0. The summed E-state index contributed by atoms with van der Waals surface area (Å²) in [5.74, 6) is 1.61. The zero-order valence-corrected chi connectivity index (χ0v) is 15.8. The van der Waals surface area contributed by atoms with Crippen molar-refractivity contribution in [3.8, 4) is 11.5 Å². The van der Waals surface area contributed by atoms with Crippen LogP contribution in [0.15, 0.2) is 32.5 Å². The molecule has 0 N–H and O–H groups in total. The third-order valence-corrected chi connectivity index (χ3v) is 7.21. The zero-order chi connectivity index (χ0) is 14.0. The van der Waals surface area contributed by atoms with Crippen molar-refractivity contribution in [2.24, 2.45) is 0 Å². The van der Waals surface area contributed by atoms with Crippen molar-refractivity contribution in [2.45, 2.75) is 4.83 Å². The molecule has 0 aliphatic rings. The van der Waals surface area contributed by atoms with Crippen LogP contribution in [0.5, 0.6) is 11.5 Å². The predicted molar refractivity (Wildman–Crippen MR) is 90.0 cm³/mol. The van der Waals surface area contributed by atoms with Crippen LogP contribution in [-0.4, -0.2) is 14.2 Å². The summed E-state index contributed by atoms with van der Waals surface area (Å²) in [5, 5.41) is 0. The first-order valence-corrected chi connectivity index (χ1v) is 8.70. The normalized spacial score (nSPS) is 12.3. The molecule has 0 spiro atoms. The average Bonchev–Trinajstić information content (AvgIpc) is 2.76. The molecule has 1 aromatic heterocycles. The second kappa shape index (κ2) is 6.61. The van der Waals surface area contributed by atoms with Crippen molar-refractivity contribution in [2.75, 3.05) is 14.2 Å². The number of ether oxygens (including phenoxy) is 2. The van der Waals surface area contributed by atoms with E-state index in [0.717, 1.165) is 25.3 Å². The third kappa shape index (κ3) is 3.17. The lowest BCUT2D eigenvalue weighted by Gasteiger charge is -2.16. The SMILES string of the molecule is COc1cccc(OC)c1C(Br)c1cc(Br)c(Br)s1. The maximum absolute atomic E-state index is 5.44. The van der Waals surface area contributed by atoms with Gasteiger partial charge in [-0.3, -0.25) is 0 Å². The largest absolute Gasteiger partial charge is 0.496 e. The van der Waals surface area contributed by atoms with Crippen molar-refractivity contribution in [3.05, 3.63) is 43.0 Å². The Labute approximate surface area is 141 Å². The molecule has 2 rings (SSSR count). The maximum Gasteiger partial charge on any atom is 0.127 e. The lowest BCUT2D eigenvalue weighted by Crippen LogP contribution is -1.99. The highest BCUT2D eigenvalue weighted by Crippen LogP contribution is 2.46. The fourth-order valence-electron chi connectivity index (χ4n) is 1.76. The average molecular weight is 471 g/mol. The standard InChI is InChI=1S/C13H11Br3O2S/c1-17-8-4-3-5-9(18-2)11(8)12(15)10-6-7(14)13(16)19-10/h3-6,12H,1-2H3. The number of methoxy groups -OCH3 is 2. The van der Waals surface area contributed by atoms with Gasteiger partial charge in [0.1, 0.15) is 11.5 Å². The number of hydrogen-bond donors (Lipinski definition) is 0. The molecule has 0 saturated carbocycles. The molecular formula is C13H11Br3O2S. The van der Waals surface area contributed by atoms with E-state index in [1.165, 1.54) is 4.88 Å². The lowest BCUT2D eigenvalue weighted by molar-refractivity contribution is 0.387. The Morgan fingerprint density at radius 2 is 1.68 bits per heavy atom. The first kappa shape index (κ1) is 15.4. The zero-order valence-electron chi connectivity index (χ0n) is 10.2. The maximum atomic E-state index is 5.44. The number of hydrogen-bond acceptors (Lipinski definition) is 3. The topological polar surface area (TPSA) is 18.5 Å². The van der Waals surface area contributed by atoms with Crippen LogP contribution in [0.2, 0.25) is 0 Å². The van der Waals surface area contributed by atoms with Gasteiger partial charge >= 0.3 is 0 Å². The van der Waals surface area contributed by atoms with Crippen LogP contribution < -0.4 is 9.47 Å². The summed E-state index contributed by atoms with van der Waals surface area (Å²) < 4.78 is 13.0. The molecule has 0 fully saturated rings.